The molecule has 1 aromatic carbocycles. The Morgan fingerprint density at radius 3 is 2.68 bits per heavy atom. The number of aromatic amines is 2. The summed E-state index contributed by atoms with van der Waals surface area (Å²) >= 11 is 0. The molecular formula is C20H22N4O6S. The van der Waals surface area contributed by atoms with Gasteiger partial charge in [0.2, 0.25) is 0 Å². The van der Waals surface area contributed by atoms with Gasteiger partial charge in [-0.05, 0) is 42.9 Å². The molecule has 2 atom stereocenters. The van der Waals surface area contributed by atoms with E-state index in [0.717, 1.165) is 12.8 Å². The molecule has 10 nitrogen and oxygen atoms in total. The number of hydrogen-bond acceptors (Lipinski definition) is 7. The fourth-order valence-corrected chi connectivity index (χ4v) is 5.90. The molecule has 5 rings (SSSR count). The highest BCUT2D eigenvalue weighted by atomic mass is 32.2. The van der Waals surface area contributed by atoms with Crippen LogP contribution in [-0.4, -0.2) is 49.7 Å². The van der Waals surface area contributed by atoms with E-state index in [1.807, 2.05) is 0 Å². The molecule has 3 N–H and O–H groups in total. The number of carbonyl (C=O) groups is 1. The van der Waals surface area contributed by atoms with Gasteiger partial charge < -0.3 is 19.4 Å². The zero-order valence-electron chi connectivity index (χ0n) is 16.8. The predicted octanol–water partition coefficient (Wildman–Crippen LogP) is 2.08. The highest BCUT2D eigenvalue weighted by Gasteiger charge is 2.37. The number of pyridine rings is 1. The largest absolute Gasteiger partial charge is 0.513 e. The summed E-state index contributed by atoms with van der Waals surface area (Å²) in [6.45, 7) is 1.42. The molecule has 0 radical (unpaired) electrons. The summed E-state index contributed by atoms with van der Waals surface area (Å²) in [6, 6.07) is 4.43. The minimum atomic E-state index is -3.83. The molecular weight excluding hydrogens is 424 g/mol. The Morgan fingerprint density at radius 1 is 1.23 bits per heavy atom. The van der Waals surface area contributed by atoms with Crippen molar-refractivity contribution in [1.29, 1.82) is 0 Å². The number of benzene rings is 1. The molecule has 1 aliphatic heterocycles. The van der Waals surface area contributed by atoms with Gasteiger partial charge in [0.25, 0.3) is 15.6 Å². The lowest BCUT2D eigenvalue weighted by molar-refractivity contribution is 0.122. The van der Waals surface area contributed by atoms with E-state index in [1.54, 1.807) is 5.01 Å². The topological polar surface area (TPSA) is 134 Å². The molecule has 0 amide bonds. The maximum absolute atomic E-state index is 13.1. The van der Waals surface area contributed by atoms with Crippen LogP contribution in [0.25, 0.3) is 21.8 Å². The quantitative estimate of drug-likeness (QED) is 0.523. The van der Waals surface area contributed by atoms with Crippen molar-refractivity contribution in [2.75, 3.05) is 20.2 Å². The fourth-order valence-electron chi connectivity index (χ4n) is 4.79. The third kappa shape index (κ3) is 3.48. The average molecular weight is 446 g/mol. The molecule has 1 aliphatic carbocycles. The lowest BCUT2D eigenvalue weighted by atomic mass is 10.0. The van der Waals surface area contributed by atoms with Crippen molar-refractivity contribution in [3.8, 4) is 5.75 Å². The first-order valence-corrected chi connectivity index (χ1v) is 11.5. The average Bonchev–Trinajstić information content (AvgIpc) is 3.43. The van der Waals surface area contributed by atoms with Crippen molar-refractivity contribution in [2.24, 2.45) is 11.8 Å². The van der Waals surface area contributed by atoms with E-state index in [2.05, 4.69) is 19.5 Å². The summed E-state index contributed by atoms with van der Waals surface area (Å²) in [5.41, 5.74) is 0.169. The molecule has 2 aromatic heterocycles. The molecule has 2 unspecified atom stereocenters. The van der Waals surface area contributed by atoms with Gasteiger partial charge in [0.1, 0.15) is 5.52 Å². The van der Waals surface area contributed by atoms with Crippen LogP contribution in [0.1, 0.15) is 19.3 Å². The van der Waals surface area contributed by atoms with Crippen LogP contribution in [0.2, 0.25) is 0 Å². The second-order valence-electron chi connectivity index (χ2n) is 8.07. The van der Waals surface area contributed by atoms with E-state index in [4.69, 9.17) is 4.74 Å². The van der Waals surface area contributed by atoms with Crippen molar-refractivity contribution in [3.63, 3.8) is 0 Å². The molecule has 1 saturated carbocycles. The third-order valence-electron chi connectivity index (χ3n) is 6.23. The number of ether oxygens (including phenoxy) is 2. The molecule has 0 bridgehead atoms. The Hall–Kier alpha value is -2.89. The molecule has 1 saturated heterocycles. The van der Waals surface area contributed by atoms with Crippen LogP contribution in [0.4, 0.5) is 4.79 Å². The summed E-state index contributed by atoms with van der Waals surface area (Å²) < 4.78 is 35.8. The Kier molecular flexibility index (Phi) is 4.76. The van der Waals surface area contributed by atoms with Crippen LogP contribution < -0.4 is 15.1 Å². The van der Waals surface area contributed by atoms with Gasteiger partial charge in [0.15, 0.2) is 5.75 Å². The number of fused-ring (bicyclic) bond motifs is 4. The molecule has 11 heteroatoms. The predicted molar refractivity (Wildman–Crippen MR) is 112 cm³/mol. The number of hydrogen-bond donors (Lipinski definition) is 3. The van der Waals surface area contributed by atoms with E-state index >= 15 is 0 Å². The Morgan fingerprint density at radius 2 is 1.97 bits per heavy atom. The van der Waals surface area contributed by atoms with E-state index in [9.17, 15) is 18.0 Å². The summed E-state index contributed by atoms with van der Waals surface area (Å²) in [5.74, 6) is 1.16. The first-order valence-electron chi connectivity index (χ1n) is 10.1. The summed E-state index contributed by atoms with van der Waals surface area (Å²) in [5, 5.41) is 2.51. The monoisotopic (exact) mass is 446 g/mol. The van der Waals surface area contributed by atoms with E-state index < -0.39 is 21.7 Å². The van der Waals surface area contributed by atoms with Crippen LogP contribution >= 0.6 is 0 Å². The van der Waals surface area contributed by atoms with Crippen LogP contribution in [0.5, 0.6) is 5.75 Å². The number of nitrogens with zero attached hydrogens (tertiary/aromatic N) is 1. The third-order valence-corrected chi connectivity index (χ3v) is 7.60. The smallest absolute Gasteiger partial charge is 0.437 e. The standard InChI is InChI=1S/C20H22N4O6S/c1-29-20(26)30-16-8-21-18-17(16)14-7-13(5-6-15(14)22-19(18)25)31(27,28)23-24-9-11-3-2-4-12(11)10-24/h5-8,11-12,21,23H,2-4,9-10H2,1H3,(H,22,25). The number of methoxy groups -OCH3 is 1. The molecule has 3 heterocycles. The minimum absolute atomic E-state index is 0.0515. The summed E-state index contributed by atoms with van der Waals surface area (Å²) in [7, 11) is -2.66. The lowest BCUT2D eigenvalue weighted by Crippen LogP contribution is -2.41. The first-order chi connectivity index (χ1) is 14.9. The fraction of sp³-hybridized carbons (Fsp3) is 0.400. The van der Waals surface area contributed by atoms with Gasteiger partial charge in [-0.2, -0.15) is 0 Å². The zero-order valence-corrected chi connectivity index (χ0v) is 17.6. The first kappa shape index (κ1) is 20.0. The number of carbonyl (C=O) groups excluding carboxylic acids is 1. The van der Waals surface area contributed by atoms with E-state index in [1.165, 1.54) is 37.9 Å². The van der Waals surface area contributed by atoms with E-state index in [0.29, 0.717) is 41.2 Å². The van der Waals surface area contributed by atoms with E-state index in [-0.39, 0.29) is 16.2 Å². The zero-order chi connectivity index (χ0) is 21.8. The summed E-state index contributed by atoms with van der Waals surface area (Å²) in [4.78, 5) is 32.2. The molecule has 2 aliphatic rings. The Labute approximate surface area is 177 Å². The van der Waals surface area contributed by atoms with Crippen molar-refractivity contribution >= 4 is 38.0 Å². The van der Waals surface area contributed by atoms with Crippen LogP contribution in [0.15, 0.2) is 34.1 Å². The molecule has 164 valence electrons. The minimum Gasteiger partial charge on any atom is -0.437 e. The molecule has 0 spiro atoms. The number of aromatic nitrogens is 2. The number of sulfonamides is 1. The maximum atomic E-state index is 13.1. The van der Waals surface area contributed by atoms with Gasteiger partial charge in [0.05, 0.1) is 17.4 Å². The normalized spacial score (nSPS) is 21.6. The van der Waals surface area contributed by atoms with Gasteiger partial charge in [-0.1, -0.05) is 6.42 Å². The second kappa shape index (κ2) is 7.36. The highest BCUT2D eigenvalue weighted by Crippen LogP contribution is 2.37. The van der Waals surface area contributed by atoms with Crippen molar-refractivity contribution in [3.05, 3.63) is 34.7 Å². The number of H-pyrrole nitrogens is 2. The van der Waals surface area contributed by atoms with Gasteiger partial charge in [-0.25, -0.2) is 18.2 Å². The van der Waals surface area contributed by atoms with Crippen LogP contribution in [0.3, 0.4) is 0 Å². The van der Waals surface area contributed by atoms with Gasteiger partial charge in [0, 0.05) is 30.2 Å². The Balaban J connectivity index is 1.54. The number of hydrazine groups is 1. The SMILES string of the molecule is COC(=O)Oc1c[nH]c2c(=O)[nH]c3ccc(S(=O)(=O)NN4CC5CCCC5C4)cc3c12. The van der Waals surface area contributed by atoms with Crippen molar-refractivity contribution < 1.29 is 22.7 Å². The number of nitrogens with one attached hydrogen (secondary N) is 3. The number of rotatable bonds is 4. The second-order valence-corrected chi connectivity index (χ2v) is 9.73. The van der Waals surface area contributed by atoms with Crippen LogP contribution in [0, 0.1) is 11.8 Å². The maximum Gasteiger partial charge on any atom is 0.513 e. The summed E-state index contributed by atoms with van der Waals surface area (Å²) in [6.07, 6.45) is 3.90. The molecule has 2 fully saturated rings. The van der Waals surface area contributed by atoms with Crippen molar-refractivity contribution in [1.82, 2.24) is 19.8 Å². The van der Waals surface area contributed by atoms with Crippen molar-refractivity contribution in [2.45, 2.75) is 24.2 Å². The molecule has 3 aromatic rings. The highest BCUT2D eigenvalue weighted by molar-refractivity contribution is 7.89. The van der Waals surface area contributed by atoms with Gasteiger partial charge in [-0.3, -0.25) is 4.79 Å². The molecule has 31 heavy (non-hydrogen) atoms. The lowest BCUT2D eigenvalue weighted by Gasteiger charge is -2.18. The van der Waals surface area contributed by atoms with Gasteiger partial charge in [-0.15, -0.1) is 4.83 Å². The Bertz CT molecular complexity index is 1330. The van der Waals surface area contributed by atoms with Crippen LogP contribution in [-0.2, 0) is 14.8 Å². The van der Waals surface area contributed by atoms with Gasteiger partial charge >= 0.3 is 6.16 Å².